The normalized spacial score (nSPS) is 27.3. The highest BCUT2D eigenvalue weighted by Crippen LogP contribution is 2.56. The van der Waals surface area contributed by atoms with Crippen molar-refractivity contribution in [3.8, 4) is 0 Å². The Balaban J connectivity index is 2.17. The highest BCUT2D eigenvalue weighted by atomic mass is 19.1. The molecule has 0 radical (unpaired) electrons. The first kappa shape index (κ1) is 15.5. The third-order valence-electron chi connectivity index (χ3n) is 5.13. The zero-order valence-electron chi connectivity index (χ0n) is 12.4. The van der Waals surface area contributed by atoms with E-state index in [0.29, 0.717) is 18.5 Å². The van der Waals surface area contributed by atoms with Crippen molar-refractivity contribution in [2.45, 2.75) is 33.6 Å². The molecule has 1 aromatic rings. The fourth-order valence-corrected chi connectivity index (χ4v) is 3.10. The maximum atomic E-state index is 12.9. The standard InChI is InChI=1S/C16H20FNO3/c1-15(2)12(8-9-16(15,3)14(20)21)13(19)18-11-6-4-10(17)5-7-11/h4-7,12H,8-9H2,1-3H3,(H,18,19)(H,20,21)/t12-,16+/m1/s1. The van der Waals surface area contributed by atoms with Crippen molar-refractivity contribution < 1.29 is 19.1 Å². The van der Waals surface area contributed by atoms with Crippen LogP contribution >= 0.6 is 0 Å². The average molecular weight is 293 g/mol. The van der Waals surface area contributed by atoms with Gasteiger partial charge in [0.15, 0.2) is 0 Å². The third-order valence-corrected chi connectivity index (χ3v) is 5.13. The molecule has 1 aromatic carbocycles. The Morgan fingerprint density at radius 1 is 1.24 bits per heavy atom. The quantitative estimate of drug-likeness (QED) is 0.898. The molecule has 5 heteroatoms. The van der Waals surface area contributed by atoms with E-state index in [1.807, 2.05) is 13.8 Å². The van der Waals surface area contributed by atoms with E-state index in [1.54, 1.807) is 6.92 Å². The molecular formula is C16H20FNO3. The van der Waals surface area contributed by atoms with E-state index in [0.717, 1.165) is 0 Å². The van der Waals surface area contributed by atoms with E-state index in [2.05, 4.69) is 5.32 Å². The summed E-state index contributed by atoms with van der Waals surface area (Å²) in [6.07, 6.45) is 1.000. The molecule has 21 heavy (non-hydrogen) atoms. The molecule has 1 aliphatic rings. The molecule has 2 rings (SSSR count). The van der Waals surface area contributed by atoms with Crippen LogP contribution in [0.5, 0.6) is 0 Å². The van der Waals surface area contributed by atoms with Crippen molar-refractivity contribution >= 4 is 17.6 Å². The van der Waals surface area contributed by atoms with Crippen molar-refractivity contribution in [3.05, 3.63) is 30.1 Å². The van der Waals surface area contributed by atoms with Crippen molar-refractivity contribution in [3.63, 3.8) is 0 Å². The minimum Gasteiger partial charge on any atom is -0.481 e. The average Bonchev–Trinajstić information content (AvgIpc) is 2.64. The van der Waals surface area contributed by atoms with E-state index in [9.17, 15) is 19.1 Å². The van der Waals surface area contributed by atoms with E-state index in [1.165, 1.54) is 24.3 Å². The van der Waals surface area contributed by atoms with Crippen LogP contribution in [0.1, 0.15) is 33.6 Å². The number of carbonyl (C=O) groups excluding carboxylic acids is 1. The number of carbonyl (C=O) groups is 2. The van der Waals surface area contributed by atoms with Gasteiger partial charge in [-0.1, -0.05) is 13.8 Å². The molecule has 114 valence electrons. The number of carboxylic acid groups (broad SMARTS) is 1. The van der Waals surface area contributed by atoms with Gasteiger partial charge < -0.3 is 10.4 Å². The minimum absolute atomic E-state index is 0.211. The maximum absolute atomic E-state index is 12.9. The number of hydrogen-bond donors (Lipinski definition) is 2. The lowest BCUT2D eigenvalue weighted by molar-refractivity contribution is -0.154. The molecular weight excluding hydrogens is 273 g/mol. The molecule has 0 aliphatic heterocycles. The Hall–Kier alpha value is -1.91. The summed E-state index contributed by atoms with van der Waals surface area (Å²) in [7, 11) is 0. The van der Waals surface area contributed by atoms with E-state index >= 15 is 0 Å². The molecule has 0 aromatic heterocycles. The lowest BCUT2D eigenvalue weighted by atomic mass is 9.65. The highest BCUT2D eigenvalue weighted by molar-refractivity contribution is 5.94. The minimum atomic E-state index is -0.919. The molecule has 1 fully saturated rings. The number of benzene rings is 1. The monoisotopic (exact) mass is 293 g/mol. The first-order valence-electron chi connectivity index (χ1n) is 6.98. The molecule has 4 nitrogen and oxygen atoms in total. The molecule has 0 unspecified atom stereocenters. The summed E-state index contributed by atoms with van der Waals surface area (Å²) in [5.74, 6) is -1.84. The van der Waals surface area contributed by atoms with Crippen LogP contribution in [-0.4, -0.2) is 17.0 Å². The van der Waals surface area contributed by atoms with Crippen molar-refractivity contribution in [2.24, 2.45) is 16.7 Å². The number of anilines is 1. The van der Waals surface area contributed by atoms with Crippen molar-refractivity contribution in [1.82, 2.24) is 0 Å². The van der Waals surface area contributed by atoms with Gasteiger partial charge in [0, 0.05) is 11.6 Å². The number of rotatable bonds is 3. The summed E-state index contributed by atoms with van der Waals surface area (Å²) in [6.45, 7) is 5.34. The van der Waals surface area contributed by atoms with Crippen molar-refractivity contribution in [2.75, 3.05) is 5.32 Å². The van der Waals surface area contributed by atoms with Crippen LogP contribution in [0.2, 0.25) is 0 Å². The molecule has 1 amide bonds. The van der Waals surface area contributed by atoms with Crippen LogP contribution in [0.15, 0.2) is 24.3 Å². The van der Waals surface area contributed by atoms with Gasteiger partial charge in [-0.2, -0.15) is 0 Å². The zero-order chi connectivity index (χ0) is 15.8. The van der Waals surface area contributed by atoms with Crippen LogP contribution in [0.25, 0.3) is 0 Å². The van der Waals surface area contributed by atoms with Gasteiger partial charge in [0.25, 0.3) is 0 Å². The molecule has 0 spiro atoms. The molecule has 2 atom stereocenters. The van der Waals surface area contributed by atoms with Gasteiger partial charge in [-0.15, -0.1) is 0 Å². The summed E-state index contributed by atoms with van der Waals surface area (Å²) in [4.78, 5) is 24.0. The van der Waals surface area contributed by atoms with E-state index in [-0.39, 0.29) is 17.6 Å². The Bertz CT molecular complexity index is 567. The third kappa shape index (κ3) is 2.52. The lowest BCUT2D eigenvalue weighted by Crippen LogP contribution is -2.43. The summed E-state index contributed by atoms with van der Waals surface area (Å²) >= 11 is 0. The van der Waals surface area contributed by atoms with Crippen LogP contribution in [0.4, 0.5) is 10.1 Å². The van der Waals surface area contributed by atoms with Gasteiger partial charge in [-0.05, 0) is 49.4 Å². The topological polar surface area (TPSA) is 66.4 Å². The molecule has 0 saturated heterocycles. The number of halogens is 1. The van der Waals surface area contributed by atoms with Crippen LogP contribution in [-0.2, 0) is 9.59 Å². The number of amides is 1. The number of hydrogen-bond acceptors (Lipinski definition) is 2. The fraction of sp³-hybridized carbons (Fsp3) is 0.500. The largest absolute Gasteiger partial charge is 0.481 e. The summed E-state index contributed by atoms with van der Waals surface area (Å²) in [6, 6.07) is 5.53. The molecule has 0 bridgehead atoms. The fourth-order valence-electron chi connectivity index (χ4n) is 3.10. The van der Waals surface area contributed by atoms with Crippen molar-refractivity contribution in [1.29, 1.82) is 0 Å². The SMILES string of the molecule is CC1(C)[C@@H](C(=O)Nc2ccc(F)cc2)CC[C@@]1(C)C(=O)O. The number of aliphatic carboxylic acids is 1. The zero-order valence-corrected chi connectivity index (χ0v) is 12.4. The van der Waals surface area contributed by atoms with Gasteiger partial charge >= 0.3 is 5.97 Å². The van der Waals surface area contributed by atoms with Gasteiger partial charge in [-0.3, -0.25) is 9.59 Å². The van der Waals surface area contributed by atoms with E-state index < -0.39 is 16.8 Å². The van der Waals surface area contributed by atoms with Gasteiger partial charge in [-0.25, -0.2) is 4.39 Å². The van der Waals surface area contributed by atoms with Crippen LogP contribution in [0.3, 0.4) is 0 Å². The summed E-state index contributed by atoms with van der Waals surface area (Å²) in [5, 5.41) is 12.2. The lowest BCUT2D eigenvalue weighted by Gasteiger charge is -2.37. The second-order valence-electron chi connectivity index (χ2n) is 6.45. The summed E-state index contributed by atoms with van der Waals surface area (Å²) < 4.78 is 12.9. The van der Waals surface area contributed by atoms with Crippen LogP contribution in [0, 0.1) is 22.6 Å². The highest BCUT2D eigenvalue weighted by Gasteiger charge is 2.58. The van der Waals surface area contributed by atoms with Gasteiger partial charge in [0.05, 0.1) is 5.41 Å². The second kappa shape index (κ2) is 5.13. The Morgan fingerprint density at radius 2 is 1.81 bits per heavy atom. The predicted octanol–water partition coefficient (Wildman–Crippen LogP) is 3.29. The van der Waals surface area contributed by atoms with Gasteiger partial charge in [0.2, 0.25) is 5.91 Å². The molecule has 1 aliphatic carbocycles. The molecule has 2 N–H and O–H groups in total. The summed E-state index contributed by atoms with van der Waals surface area (Å²) in [5.41, 5.74) is -1.05. The predicted molar refractivity (Wildman–Crippen MR) is 77.3 cm³/mol. The smallest absolute Gasteiger partial charge is 0.309 e. The number of nitrogens with one attached hydrogen (secondary N) is 1. The molecule has 0 heterocycles. The van der Waals surface area contributed by atoms with Crippen LogP contribution < -0.4 is 5.32 Å². The first-order valence-corrected chi connectivity index (χ1v) is 6.98. The van der Waals surface area contributed by atoms with Gasteiger partial charge in [0.1, 0.15) is 5.82 Å². The number of carboxylic acids is 1. The Labute approximate surface area is 123 Å². The second-order valence-corrected chi connectivity index (χ2v) is 6.45. The van der Waals surface area contributed by atoms with E-state index in [4.69, 9.17) is 0 Å². The maximum Gasteiger partial charge on any atom is 0.309 e. The Kier molecular flexibility index (Phi) is 3.78. The first-order chi connectivity index (χ1) is 9.68. The molecule has 1 saturated carbocycles. The Morgan fingerprint density at radius 3 is 2.29 bits per heavy atom.